The van der Waals surface area contributed by atoms with E-state index in [1.807, 2.05) is 45.2 Å². The molecule has 0 saturated carbocycles. The fraction of sp³-hybridized carbons (Fsp3) is 0.562. The SMILES string of the molecule is CCOC(CNC(=O)c1ccccc1CCNC)OCC. The van der Waals surface area contributed by atoms with Crippen molar-refractivity contribution in [3.63, 3.8) is 0 Å². The van der Waals surface area contributed by atoms with Crippen LogP contribution in [0.15, 0.2) is 24.3 Å². The molecule has 1 rings (SSSR count). The first kappa shape index (κ1) is 17.6. The van der Waals surface area contributed by atoms with E-state index in [-0.39, 0.29) is 5.91 Å². The molecule has 0 aliphatic heterocycles. The number of likely N-dealkylation sites (N-methyl/N-ethyl adjacent to an activating group) is 1. The van der Waals surface area contributed by atoms with Crippen LogP contribution in [0, 0.1) is 0 Å². The summed E-state index contributed by atoms with van der Waals surface area (Å²) in [6, 6.07) is 7.65. The zero-order valence-corrected chi connectivity index (χ0v) is 13.1. The predicted molar refractivity (Wildman–Crippen MR) is 83.4 cm³/mol. The van der Waals surface area contributed by atoms with Gasteiger partial charge >= 0.3 is 0 Å². The second kappa shape index (κ2) is 10.3. The largest absolute Gasteiger partial charge is 0.351 e. The number of ether oxygens (including phenoxy) is 2. The van der Waals surface area contributed by atoms with Gasteiger partial charge in [0.25, 0.3) is 5.91 Å². The Kier molecular flexibility index (Phi) is 8.66. The van der Waals surface area contributed by atoms with Crippen molar-refractivity contribution < 1.29 is 14.3 Å². The van der Waals surface area contributed by atoms with Crippen molar-refractivity contribution in [1.82, 2.24) is 10.6 Å². The highest BCUT2D eigenvalue weighted by Gasteiger charge is 2.13. The molecular formula is C16H26N2O3. The van der Waals surface area contributed by atoms with E-state index in [0.29, 0.717) is 25.3 Å². The second-order valence-electron chi connectivity index (χ2n) is 4.56. The van der Waals surface area contributed by atoms with Crippen molar-refractivity contribution in [3.05, 3.63) is 35.4 Å². The van der Waals surface area contributed by atoms with E-state index in [9.17, 15) is 4.79 Å². The van der Waals surface area contributed by atoms with Crippen LogP contribution in [0.1, 0.15) is 29.8 Å². The fourth-order valence-electron chi connectivity index (χ4n) is 2.03. The minimum Gasteiger partial charge on any atom is -0.351 e. The number of carbonyl (C=O) groups is 1. The number of carbonyl (C=O) groups excluding carboxylic acids is 1. The normalized spacial score (nSPS) is 10.9. The third-order valence-electron chi connectivity index (χ3n) is 3.04. The summed E-state index contributed by atoms with van der Waals surface area (Å²) in [5.41, 5.74) is 1.74. The lowest BCUT2D eigenvalue weighted by molar-refractivity contribution is -0.131. The van der Waals surface area contributed by atoms with Crippen LogP contribution < -0.4 is 10.6 Å². The number of amides is 1. The molecule has 21 heavy (non-hydrogen) atoms. The summed E-state index contributed by atoms with van der Waals surface area (Å²) in [7, 11) is 1.90. The molecule has 0 radical (unpaired) electrons. The Morgan fingerprint density at radius 1 is 1.19 bits per heavy atom. The molecular weight excluding hydrogens is 268 g/mol. The molecule has 1 aromatic carbocycles. The van der Waals surface area contributed by atoms with Gasteiger partial charge in [0.2, 0.25) is 0 Å². The molecule has 0 heterocycles. The van der Waals surface area contributed by atoms with E-state index in [1.54, 1.807) is 0 Å². The van der Waals surface area contributed by atoms with Crippen LogP contribution in [0.2, 0.25) is 0 Å². The lowest BCUT2D eigenvalue weighted by Crippen LogP contribution is -2.35. The van der Waals surface area contributed by atoms with E-state index >= 15 is 0 Å². The molecule has 0 bridgehead atoms. The van der Waals surface area contributed by atoms with Crippen LogP contribution in [0.4, 0.5) is 0 Å². The Hall–Kier alpha value is -1.43. The first-order valence-electron chi connectivity index (χ1n) is 7.46. The minimum atomic E-state index is -0.395. The summed E-state index contributed by atoms with van der Waals surface area (Å²) in [5.74, 6) is -0.0916. The Balaban J connectivity index is 2.62. The summed E-state index contributed by atoms with van der Waals surface area (Å²) < 4.78 is 10.8. The van der Waals surface area contributed by atoms with Gasteiger partial charge in [0.15, 0.2) is 6.29 Å². The zero-order chi connectivity index (χ0) is 15.5. The molecule has 0 fully saturated rings. The Morgan fingerprint density at radius 3 is 2.48 bits per heavy atom. The molecule has 5 heteroatoms. The molecule has 0 atom stereocenters. The molecule has 1 amide bonds. The van der Waals surface area contributed by atoms with Crippen LogP contribution >= 0.6 is 0 Å². The van der Waals surface area contributed by atoms with Crippen LogP contribution in [0.5, 0.6) is 0 Å². The molecule has 0 unspecified atom stereocenters. The van der Waals surface area contributed by atoms with Crippen molar-refractivity contribution in [3.8, 4) is 0 Å². The minimum absolute atomic E-state index is 0.0916. The van der Waals surface area contributed by atoms with Gasteiger partial charge in [-0.1, -0.05) is 18.2 Å². The number of rotatable bonds is 10. The van der Waals surface area contributed by atoms with Crippen molar-refractivity contribution in [2.45, 2.75) is 26.6 Å². The van der Waals surface area contributed by atoms with Gasteiger partial charge in [0.05, 0.1) is 6.54 Å². The van der Waals surface area contributed by atoms with E-state index in [2.05, 4.69) is 10.6 Å². The first-order valence-corrected chi connectivity index (χ1v) is 7.46. The third kappa shape index (κ3) is 6.25. The fourth-order valence-corrected chi connectivity index (χ4v) is 2.03. The highest BCUT2D eigenvalue weighted by molar-refractivity contribution is 5.95. The van der Waals surface area contributed by atoms with Gasteiger partial charge in [0.1, 0.15) is 0 Å². The topological polar surface area (TPSA) is 59.6 Å². The number of hydrogen-bond acceptors (Lipinski definition) is 4. The molecule has 1 aromatic rings. The van der Waals surface area contributed by atoms with Gasteiger partial charge in [-0.15, -0.1) is 0 Å². The number of nitrogens with one attached hydrogen (secondary N) is 2. The van der Waals surface area contributed by atoms with E-state index in [1.165, 1.54) is 0 Å². The van der Waals surface area contributed by atoms with Gasteiger partial charge in [0, 0.05) is 18.8 Å². The summed E-state index contributed by atoms with van der Waals surface area (Å²) in [6.07, 6.45) is 0.425. The second-order valence-corrected chi connectivity index (χ2v) is 4.56. The maximum atomic E-state index is 12.3. The number of hydrogen-bond donors (Lipinski definition) is 2. The zero-order valence-electron chi connectivity index (χ0n) is 13.1. The quantitative estimate of drug-likeness (QED) is 0.643. The van der Waals surface area contributed by atoms with Crippen molar-refractivity contribution >= 4 is 5.91 Å². The Labute approximate surface area is 127 Å². The molecule has 0 aromatic heterocycles. The summed E-state index contributed by atoms with van der Waals surface area (Å²) in [4.78, 5) is 12.3. The van der Waals surface area contributed by atoms with E-state index in [0.717, 1.165) is 18.5 Å². The molecule has 0 spiro atoms. The Bertz CT molecular complexity index is 418. The first-order chi connectivity index (χ1) is 10.2. The number of benzene rings is 1. The van der Waals surface area contributed by atoms with E-state index in [4.69, 9.17) is 9.47 Å². The molecule has 0 aliphatic rings. The lowest BCUT2D eigenvalue weighted by atomic mass is 10.0. The molecule has 0 saturated heterocycles. The van der Waals surface area contributed by atoms with Crippen molar-refractivity contribution in [1.29, 1.82) is 0 Å². The summed E-state index contributed by atoms with van der Waals surface area (Å²) >= 11 is 0. The van der Waals surface area contributed by atoms with Gasteiger partial charge < -0.3 is 20.1 Å². The summed E-state index contributed by atoms with van der Waals surface area (Å²) in [5, 5.41) is 5.97. The van der Waals surface area contributed by atoms with Crippen LogP contribution in [0.25, 0.3) is 0 Å². The van der Waals surface area contributed by atoms with Gasteiger partial charge in [-0.25, -0.2) is 0 Å². The standard InChI is InChI=1S/C16H26N2O3/c1-4-20-15(21-5-2)12-18-16(19)14-9-7-6-8-13(14)10-11-17-3/h6-9,15,17H,4-5,10-12H2,1-3H3,(H,18,19). The molecule has 118 valence electrons. The van der Waals surface area contributed by atoms with Crippen LogP contribution in [0.3, 0.4) is 0 Å². The average Bonchev–Trinajstić information content (AvgIpc) is 2.51. The maximum Gasteiger partial charge on any atom is 0.251 e. The van der Waals surface area contributed by atoms with Crippen molar-refractivity contribution in [2.75, 3.05) is 33.4 Å². The lowest BCUT2D eigenvalue weighted by Gasteiger charge is -2.18. The van der Waals surface area contributed by atoms with Gasteiger partial charge in [-0.3, -0.25) is 4.79 Å². The summed E-state index contributed by atoms with van der Waals surface area (Å²) in [6.45, 7) is 6.10. The van der Waals surface area contributed by atoms with Crippen LogP contribution in [-0.4, -0.2) is 45.5 Å². The van der Waals surface area contributed by atoms with E-state index < -0.39 is 6.29 Å². The molecule has 5 nitrogen and oxygen atoms in total. The molecule has 0 aliphatic carbocycles. The maximum absolute atomic E-state index is 12.3. The average molecular weight is 294 g/mol. The highest BCUT2D eigenvalue weighted by Crippen LogP contribution is 2.09. The Morgan fingerprint density at radius 2 is 1.86 bits per heavy atom. The molecule has 2 N–H and O–H groups in total. The highest BCUT2D eigenvalue weighted by atomic mass is 16.7. The smallest absolute Gasteiger partial charge is 0.251 e. The van der Waals surface area contributed by atoms with Crippen molar-refractivity contribution in [2.24, 2.45) is 0 Å². The predicted octanol–water partition coefficient (Wildman–Crippen LogP) is 1.58. The monoisotopic (exact) mass is 294 g/mol. The van der Waals surface area contributed by atoms with Crippen LogP contribution in [-0.2, 0) is 15.9 Å². The van der Waals surface area contributed by atoms with Gasteiger partial charge in [-0.05, 0) is 45.5 Å². The van der Waals surface area contributed by atoms with Gasteiger partial charge in [-0.2, -0.15) is 0 Å². The third-order valence-corrected chi connectivity index (χ3v) is 3.04.